The zero-order valence-corrected chi connectivity index (χ0v) is 18.5. The molecule has 1 N–H and O–H groups in total. The van der Waals surface area contributed by atoms with Crippen molar-refractivity contribution >= 4 is 15.9 Å². The van der Waals surface area contributed by atoms with Crippen LogP contribution in [0.15, 0.2) is 54.6 Å². The Bertz CT molecular complexity index is 904. The lowest BCUT2D eigenvalue weighted by Crippen LogP contribution is -2.42. The first-order valence-corrected chi connectivity index (χ1v) is 11.3. The first-order valence-electron chi connectivity index (χ1n) is 9.49. The number of rotatable bonds is 8. The van der Waals surface area contributed by atoms with Gasteiger partial charge in [0.05, 0.1) is 12.8 Å². The van der Waals surface area contributed by atoms with E-state index in [0.717, 1.165) is 16.3 Å². The van der Waals surface area contributed by atoms with Crippen LogP contribution in [0.1, 0.15) is 37.9 Å². The lowest BCUT2D eigenvalue weighted by atomic mass is 9.87. The number of likely N-dealkylation sites (N-methyl/N-ethyl adjacent to an activating group) is 1. The fourth-order valence-electron chi connectivity index (χ4n) is 2.84. The number of ether oxygens (including phenoxy) is 1. The second-order valence-electron chi connectivity index (χ2n) is 8.01. The average molecular weight is 419 g/mol. The fraction of sp³-hybridized carbons (Fsp3) is 0.409. The van der Waals surface area contributed by atoms with Crippen LogP contribution in [0.3, 0.4) is 0 Å². The molecule has 6 nitrogen and oxygen atoms in total. The minimum Gasteiger partial charge on any atom is -0.492 e. The smallest absolute Gasteiger partial charge is 0.243 e. The first-order chi connectivity index (χ1) is 13.5. The maximum absolute atomic E-state index is 12.7. The highest BCUT2D eigenvalue weighted by atomic mass is 32.2. The van der Waals surface area contributed by atoms with E-state index < -0.39 is 22.0 Å². The van der Waals surface area contributed by atoms with Gasteiger partial charge in [-0.2, -0.15) is 4.31 Å². The molecule has 0 unspecified atom stereocenters. The number of benzene rings is 2. The van der Waals surface area contributed by atoms with Crippen LogP contribution in [-0.2, 0) is 20.2 Å². The predicted molar refractivity (Wildman–Crippen MR) is 115 cm³/mol. The third-order valence-corrected chi connectivity index (χ3v) is 5.90. The maximum Gasteiger partial charge on any atom is 0.243 e. The Kier molecular flexibility index (Phi) is 7.43. The molecule has 0 saturated heterocycles. The number of nitrogens with one attached hydrogen (secondary N) is 1. The van der Waals surface area contributed by atoms with Gasteiger partial charge in [0, 0.05) is 7.05 Å². The van der Waals surface area contributed by atoms with Gasteiger partial charge in [0.1, 0.15) is 18.4 Å². The fourth-order valence-corrected chi connectivity index (χ4v) is 3.44. The molecule has 0 fully saturated rings. The molecule has 158 valence electrons. The molecule has 1 amide bonds. The Morgan fingerprint density at radius 2 is 1.66 bits per heavy atom. The molecule has 7 heteroatoms. The predicted octanol–water partition coefficient (Wildman–Crippen LogP) is 3.11. The Hall–Kier alpha value is -2.38. The molecule has 2 aromatic rings. The van der Waals surface area contributed by atoms with E-state index in [9.17, 15) is 13.2 Å². The first kappa shape index (κ1) is 22.9. The van der Waals surface area contributed by atoms with Gasteiger partial charge in [-0.3, -0.25) is 4.79 Å². The molecule has 29 heavy (non-hydrogen) atoms. The van der Waals surface area contributed by atoms with E-state index in [1.165, 1.54) is 12.6 Å². The van der Waals surface area contributed by atoms with Crippen molar-refractivity contribution in [2.24, 2.45) is 0 Å². The average Bonchev–Trinajstić information content (AvgIpc) is 2.65. The van der Waals surface area contributed by atoms with Gasteiger partial charge in [0.25, 0.3) is 0 Å². The van der Waals surface area contributed by atoms with Crippen molar-refractivity contribution in [1.29, 1.82) is 0 Å². The molecule has 0 radical (unpaired) electrons. The van der Waals surface area contributed by atoms with Crippen molar-refractivity contribution in [3.8, 4) is 5.75 Å². The van der Waals surface area contributed by atoms with Gasteiger partial charge in [-0.15, -0.1) is 0 Å². The number of carbonyl (C=O) groups is 1. The maximum atomic E-state index is 12.7. The third kappa shape index (κ3) is 6.58. The van der Waals surface area contributed by atoms with Crippen LogP contribution >= 0.6 is 0 Å². The summed E-state index contributed by atoms with van der Waals surface area (Å²) < 4.78 is 30.7. The molecule has 0 aliphatic rings. The number of amides is 1. The van der Waals surface area contributed by atoms with Crippen LogP contribution in [0.5, 0.6) is 5.75 Å². The van der Waals surface area contributed by atoms with Gasteiger partial charge in [-0.05, 0) is 28.7 Å². The van der Waals surface area contributed by atoms with Crippen LogP contribution < -0.4 is 10.1 Å². The van der Waals surface area contributed by atoms with E-state index in [4.69, 9.17) is 4.74 Å². The van der Waals surface area contributed by atoms with E-state index in [1.54, 1.807) is 24.3 Å². The van der Waals surface area contributed by atoms with Crippen molar-refractivity contribution in [3.63, 3.8) is 0 Å². The zero-order chi connectivity index (χ0) is 21.7. The number of sulfonamides is 1. The summed E-state index contributed by atoms with van der Waals surface area (Å²) in [4.78, 5) is 12.7. The highest BCUT2D eigenvalue weighted by Crippen LogP contribution is 2.24. The van der Waals surface area contributed by atoms with Crippen molar-refractivity contribution in [2.45, 2.75) is 32.2 Å². The normalized spacial score (nSPS) is 13.2. The van der Waals surface area contributed by atoms with E-state index in [0.29, 0.717) is 5.56 Å². The summed E-state index contributed by atoms with van der Waals surface area (Å²) in [6.45, 7) is 6.99. The Morgan fingerprint density at radius 1 is 1.07 bits per heavy atom. The molecule has 0 aliphatic carbocycles. The largest absolute Gasteiger partial charge is 0.492 e. The molecule has 0 saturated carbocycles. The second kappa shape index (κ2) is 9.41. The SMILES string of the molecule is CN([C@H](C(=O)NCCOc1ccc(C(C)(C)C)cc1)c1ccccc1)S(C)(=O)=O. The summed E-state index contributed by atoms with van der Waals surface area (Å²) in [5.41, 5.74) is 1.90. The Morgan fingerprint density at radius 3 is 2.17 bits per heavy atom. The summed E-state index contributed by atoms with van der Waals surface area (Å²) in [5.74, 6) is 0.330. The highest BCUT2D eigenvalue weighted by Gasteiger charge is 2.30. The molecule has 2 rings (SSSR count). The summed E-state index contributed by atoms with van der Waals surface area (Å²) in [5, 5.41) is 2.77. The van der Waals surface area contributed by atoms with Gasteiger partial charge in [0.15, 0.2) is 0 Å². The van der Waals surface area contributed by atoms with Crippen LogP contribution in [0.25, 0.3) is 0 Å². The molecule has 0 bridgehead atoms. The molecule has 0 aliphatic heterocycles. The topological polar surface area (TPSA) is 75.7 Å². The molecular weight excluding hydrogens is 388 g/mol. The minimum absolute atomic E-state index is 0.0740. The number of nitrogens with zero attached hydrogens (tertiary/aromatic N) is 1. The van der Waals surface area contributed by atoms with Gasteiger partial charge < -0.3 is 10.1 Å². The molecule has 1 atom stereocenters. The van der Waals surface area contributed by atoms with E-state index in [2.05, 4.69) is 26.1 Å². The van der Waals surface area contributed by atoms with E-state index in [1.807, 2.05) is 30.3 Å². The number of hydrogen-bond donors (Lipinski definition) is 1. The van der Waals surface area contributed by atoms with E-state index >= 15 is 0 Å². The molecule has 0 heterocycles. The zero-order valence-electron chi connectivity index (χ0n) is 17.7. The van der Waals surface area contributed by atoms with Crippen LogP contribution in [0.4, 0.5) is 0 Å². The molecular formula is C22H30N2O4S. The van der Waals surface area contributed by atoms with Gasteiger partial charge in [0.2, 0.25) is 15.9 Å². The van der Waals surface area contributed by atoms with Crippen molar-refractivity contribution < 1.29 is 17.9 Å². The summed E-state index contributed by atoms with van der Waals surface area (Å²) in [7, 11) is -2.14. The van der Waals surface area contributed by atoms with Crippen molar-refractivity contribution in [3.05, 3.63) is 65.7 Å². The lowest BCUT2D eigenvalue weighted by molar-refractivity contribution is -0.124. The number of carbonyl (C=O) groups excluding carboxylic acids is 1. The van der Waals surface area contributed by atoms with Gasteiger partial charge >= 0.3 is 0 Å². The Labute approximate surface area is 173 Å². The van der Waals surface area contributed by atoms with Crippen LogP contribution in [0.2, 0.25) is 0 Å². The quantitative estimate of drug-likeness (QED) is 0.669. The summed E-state index contributed by atoms with van der Waals surface area (Å²) in [6, 6.07) is 15.8. The lowest BCUT2D eigenvalue weighted by Gasteiger charge is -2.25. The molecule has 0 aromatic heterocycles. The third-order valence-electron chi connectivity index (χ3n) is 4.64. The van der Waals surface area contributed by atoms with E-state index in [-0.39, 0.29) is 18.6 Å². The second-order valence-corrected chi connectivity index (χ2v) is 10.0. The van der Waals surface area contributed by atoms with Crippen LogP contribution in [0, 0.1) is 0 Å². The number of hydrogen-bond acceptors (Lipinski definition) is 4. The monoisotopic (exact) mass is 418 g/mol. The summed E-state index contributed by atoms with van der Waals surface area (Å²) in [6.07, 6.45) is 1.08. The highest BCUT2D eigenvalue weighted by molar-refractivity contribution is 7.88. The van der Waals surface area contributed by atoms with Gasteiger partial charge in [-0.1, -0.05) is 63.2 Å². The summed E-state index contributed by atoms with van der Waals surface area (Å²) >= 11 is 0. The van der Waals surface area contributed by atoms with Crippen molar-refractivity contribution in [2.75, 3.05) is 26.5 Å². The van der Waals surface area contributed by atoms with Crippen LogP contribution in [-0.4, -0.2) is 45.1 Å². The standard InChI is InChI=1S/C22H30N2O4S/c1-22(2,3)18-11-13-19(14-12-18)28-16-15-23-21(25)20(24(4)29(5,26)27)17-9-7-6-8-10-17/h6-14,20H,15-16H2,1-5H3,(H,23,25)/t20-/m0/s1. The van der Waals surface area contributed by atoms with Crippen molar-refractivity contribution in [1.82, 2.24) is 9.62 Å². The minimum atomic E-state index is -3.54. The van der Waals surface area contributed by atoms with Gasteiger partial charge in [-0.25, -0.2) is 8.42 Å². The Balaban J connectivity index is 1.96. The molecule has 2 aromatic carbocycles. The molecule has 0 spiro atoms.